The maximum Gasteiger partial charge on any atom is 0.229 e. The van der Waals surface area contributed by atoms with Gasteiger partial charge in [0.05, 0.1) is 5.92 Å². The summed E-state index contributed by atoms with van der Waals surface area (Å²) in [6, 6.07) is 0. The summed E-state index contributed by atoms with van der Waals surface area (Å²) >= 11 is 0. The van der Waals surface area contributed by atoms with Crippen LogP contribution in [0.2, 0.25) is 0 Å². The lowest BCUT2D eigenvalue weighted by Gasteiger charge is -2.35. The Morgan fingerprint density at radius 1 is 1.14 bits per heavy atom. The molecule has 1 aliphatic rings. The Hall–Kier alpha value is -1.31. The van der Waals surface area contributed by atoms with E-state index in [-0.39, 0.29) is 5.92 Å². The van der Waals surface area contributed by atoms with Gasteiger partial charge in [-0.1, -0.05) is 77.0 Å². The van der Waals surface area contributed by atoms with E-state index in [9.17, 15) is 4.79 Å². The van der Waals surface area contributed by atoms with Gasteiger partial charge in [-0.3, -0.25) is 4.79 Å². The molecule has 0 radical (unpaired) electrons. The van der Waals surface area contributed by atoms with Gasteiger partial charge in [-0.25, -0.2) is 0 Å². The minimum Gasteiger partial charge on any atom is -0.342 e. The Bertz CT molecular complexity index is 515. The third kappa shape index (κ3) is 7.97. The monoisotopic (exact) mass is 387 g/mol. The molecule has 0 spiro atoms. The maximum absolute atomic E-state index is 13.5. The van der Waals surface area contributed by atoms with Gasteiger partial charge in [0, 0.05) is 13.1 Å². The second-order valence-corrected chi connectivity index (χ2v) is 8.72. The molecule has 0 bridgehead atoms. The first-order chi connectivity index (χ1) is 13.5. The lowest BCUT2D eigenvalue weighted by molar-refractivity contribution is -0.135. The third-order valence-corrected chi connectivity index (χ3v) is 6.12. The molecule has 0 aromatic heterocycles. The predicted molar refractivity (Wildman–Crippen MR) is 123 cm³/mol. The van der Waals surface area contributed by atoms with E-state index in [1.807, 2.05) is 6.08 Å². The Kier molecular flexibility index (Phi) is 12.2. The summed E-state index contributed by atoms with van der Waals surface area (Å²) in [4.78, 5) is 15.7. The van der Waals surface area contributed by atoms with Gasteiger partial charge in [-0.2, -0.15) is 0 Å². The Balaban J connectivity index is 2.76. The molecule has 2 unspecified atom stereocenters. The van der Waals surface area contributed by atoms with E-state index in [2.05, 4.69) is 51.8 Å². The Morgan fingerprint density at radius 2 is 1.86 bits per heavy atom. The van der Waals surface area contributed by atoms with Crippen LogP contribution in [-0.4, -0.2) is 23.9 Å². The lowest BCUT2D eigenvalue weighted by Crippen LogP contribution is -2.40. The zero-order chi connectivity index (χ0) is 20.9. The second-order valence-electron chi connectivity index (χ2n) is 8.72. The summed E-state index contributed by atoms with van der Waals surface area (Å²) in [6.45, 7) is 18.5. The molecule has 0 heterocycles. The summed E-state index contributed by atoms with van der Waals surface area (Å²) in [5.74, 6) is 1.76. The first-order valence-electron chi connectivity index (χ1n) is 11.8. The van der Waals surface area contributed by atoms with Crippen molar-refractivity contribution < 1.29 is 4.79 Å². The topological polar surface area (TPSA) is 20.3 Å². The maximum atomic E-state index is 13.5. The van der Waals surface area contributed by atoms with Crippen molar-refractivity contribution >= 4 is 5.91 Å². The van der Waals surface area contributed by atoms with E-state index in [0.717, 1.165) is 63.6 Å². The fraction of sp³-hybridized carbons (Fsp3) is 0.731. The van der Waals surface area contributed by atoms with E-state index >= 15 is 0 Å². The van der Waals surface area contributed by atoms with E-state index in [0.29, 0.717) is 17.7 Å². The molecular formula is C26H45NO. The van der Waals surface area contributed by atoms with Crippen molar-refractivity contribution in [1.82, 2.24) is 4.90 Å². The highest BCUT2D eigenvalue weighted by Gasteiger charge is 2.32. The highest BCUT2D eigenvalue weighted by Crippen LogP contribution is 2.39. The van der Waals surface area contributed by atoms with Crippen molar-refractivity contribution in [3.05, 3.63) is 36.5 Å². The van der Waals surface area contributed by atoms with Gasteiger partial charge < -0.3 is 4.90 Å². The number of nitrogens with zero attached hydrogens (tertiary/aromatic N) is 1. The minimum atomic E-state index is 0.111. The summed E-state index contributed by atoms with van der Waals surface area (Å²) < 4.78 is 0. The van der Waals surface area contributed by atoms with Gasteiger partial charge in [0.2, 0.25) is 5.91 Å². The van der Waals surface area contributed by atoms with Crippen LogP contribution in [0, 0.1) is 17.8 Å². The number of allylic oxidation sites excluding steroid dienone is 3. The fourth-order valence-corrected chi connectivity index (χ4v) is 4.38. The Morgan fingerprint density at radius 3 is 2.36 bits per heavy atom. The molecule has 160 valence electrons. The summed E-state index contributed by atoms with van der Waals surface area (Å²) in [5.41, 5.74) is 2.57. The van der Waals surface area contributed by atoms with Crippen molar-refractivity contribution in [2.24, 2.45) is 17.8 Å². The molecule has 2 atom stereocenters. The molecule has 1 amide bonds. The molecule has 2 nitrogen and oxygen atoms in total. The van der Waals surface area contributed by atoms with Crippen molar-refractivity contribution in [3.63, 3.8) is 0 Å². The second kappa shape index (κ2) is 13.8. The van der Waals surface area contributed by atoms with Crippen LogP contribution >= 0.6 is 0 Å². The van der Waals surface area contributed by atoms with Crippen molar-refractivity contribution in [3.8, 4) is 0 Å². The molecule has 0 aliphatic heterocycles. The molecule has 0 aromatic rings. The molecule has 1 fully saturated rings. The molecule has 0 N–H and O–H groups in total. The minimum absolute atomic E-state index is 0.111. The van der Waals surface area contributed by atoms with E-state index in [4.69, 9.17) is 0 Å². The van der Waals surface area contributed by atoms with E-state index in [1.165, 1.54) is 24.8 Å². The zero-order valence-corrected chi connectivity index (χ0v) is 19.1. The number of carbonyl (C=O) groups is 1. The number of hydrogen-bond acceptors (Lipinski definition) is 1. The average Bonchev–Trinajstić information content (AvgIpc) is 2.63. The zero-order valence-electron chi connectivity index (χ0n) is 19.1. The number of hydrogen-bond donors (Lipinski definition) is 0. The molecular weight excluding hydrogens is 342 g/mol. The van der Waals surface area contributed by atoms with Gasteiger partial charge in [0.1, 0.15) is 0 Å². The first-order valence-corrected chi connectivity index (χ1v) is 11.8. The Labute approximate surface area is 175 Å². The molecule has 28 heavy (non-hydrogen) atoms. The quantitative estimate of drug-likeness (QED) is 0.213. The first kappa shape index (κ1) is 24.7. The molecule has 0 saturated heterocycles. The summed E-state index contributed by atoms with van der Waals surface area (Å²) in [7, 11) is 0. The number of rotatable bonds is 15. The molecule has 1 saturated carbocycles. The standard InChI is InChI=1S/C26H45NO/c1-7-13-24(23-16-11-17-23)25(14-8-2)26(28)27(18-9-3)19-12-15-22(6)20-21(5)10-4/h10,13,22-23,25H,4-5,7-9,11-12,14-20H2,1-3,6H3/b24-13-. The molecule has 2 heteroatoms. The van der Waals surface area contributed by atoms with Crippen LogP contribution in [0.3, 0.4) is 0 Å². The fourth-order valence-electron chi connectivity index (χ4n) is 4.38. The summed E-state index contributed by atoms with van der Waals surface area (Å²) in [5, 5.41) is 0. The van der Waals surface area contributed by atoms with Gasteiger partial charge in [0.25, 0.3) is 0 Å². The van der Waals surface area contributed by atoms with Crippen LogP contribution < -0.4 is 0 Å². The van der Waals surface area contributed by atoms with Crippen LogP contribution in [0.4, 0.5) is 0 Å². The normalized spacial score (nSPS) is 16.9. The molecule has 1 rings (SSSR count). The smallest absolute Gasteiger partial charge is 0.229 e. The highest BCUT2D eigenvalue weighted by molar-refractivity contribution is 5.81. The van der Waals surface area contributed by atoms with Crippen LogP contribution in [-0.2, 0) is 4.79 Å². The number of amides is 1. The van der Waals surface area contributed by atoms with Gasteiger partial charge in [-0.05, 0) is 63.2 Å². The SMILES string of the molecule is C=CC(=C)CC(C)CCCN(CCC)C(=O)C(CCC)/C(=C\CC)C1CCC1. The van der Waals surface area contributed by atoms with E-state index < -0.39 is 0 Å². The van der Waals surface area contributed by atoms with Crippen molar-refractivity contribution in [2.75, 3.05) is 13.1 Å². The van der Waals surface area contributed by atoms with Crippen LogP contribution in [0.15, 0.2) is 36.5 Å². The van der Waals surface area contributed by atoms with Gasteiger partial charge >= 0.3 is 0 Å². The average molecular weight is 388 g/mol. The van der Waals surface area contributed by atoms with Crippen molar-refractivity contribution in [1.29, 1.82) is 0 Å². The van der Waals surface area contributed by atoms with Crippen LogP contribution in [0.25, 0.3) is 0 Å². The van der Waals surface area contributed by atoms with E-state index in [1.54, 1.807) is 0 Å². The molecule has 1 aliphatic carbocycles. The number of carbonyl (C=O) groups excluding carboxylic acids is 1. The largest absolute Gasteiger partial charge is 0.342 e. The predicted octanol–water partition coefficient (Wildman–Crippen LogP) is 7.33. The lowest BCUT2D eigenvalue weighted by atomic mass is 9.73. The third-order valence-electron chi connectivity index (χ3n) is 6.12. The van der Waals surface area contributed by atoms with Crippen LogP contribution in [0.1, 0.15) is 91.9 Å². The van der Waals surface area contributed by atoms with Crippen molar-refractivity contribution in [2.45, 2.75) is 91.9 Å². The summed E-state index contributed by atoms with van der Waals surface area (Å²) in [6.07, 6.45) is 15.5. The van der Waals surface area contributed by atoms with Gasteiger partial charge in [-0.15, -0.1) is 0 Å². The molecule has 0 aromatic carbocycles. The highest BCUT2D eigenvalue weighted by atomic mass is 16.2. The van der Waals surface area contributed by atoms with Crippen LogP contribution in [0.5, 0.6) is 0 Å². The van der Waals surface area contributed by atoms with Gasteiger partial charge in [0.15, 0.2) is 0 Å².